The smallest absolute Gasteiger partial charge is 0.254 e. The molecule has 2 amide bonds. The van der Waals surface area contributed by atoms with Crippen molar-refractivity contribution in [2.75, 3.05) is 30.9 Å². The third-order valence-corrected chi connectivity index (χ3v) is 3.78. The molecule has 2 N–H and O–H groups in total. The van der Waals surface area contributed by atoms with E-state index < -0.39 is 17.5 Å². The molecule has 0 radical (unpaired) electrons. The Morgan fingerprint density at radius 3 is 2.42 bits per heavy atom. The van der Waals surface area contributed by atoms with Gasteiger partial charge in [0.2, 0.25) is 5.91 Å². The van der Waals surface area contributed by atoms with Crippen molar-refractivity contribution in [1.82, 2.24) is 5.32 Å². The van der Waals surface area contributed by atoms with Crippen molar-refractivity contribution >= 4 is 23.2 Å². The third-order valence-electron chi connectivity index (χ3n) is 3.78. The van der Waals surface area contributed by atoms with Gasteiger partial charge in [0.05, 0.1) is 5.56 Å². The van der Waals surface area contributed by atoms with Crippen molar-refractivity contribution in [3.05, 3.63) is 59.2 Å². The number of nitrogens with zero attached hydrogens (tertiary/aromatic N) is 1. The monoisotopic (exact) mass is 361 g/mol. The minimum absolute atomic E-state index is 0.0308. The number of nitrogens with one attached hydrogen (secondary N) is 2. The fraction of sp³-hybridized carbons (Fsp3) is 0.263. The van der Waals surface area contributed by atoms with Crippen LogP contribution in [-0.4, -0.2) is 32.5 Å². The second-order valence-electron chi connectivity index (χ2n) is 6.07. The average molecular weight is 361 g/mol. The highest BCUT2D eigenvalue weighted by molar-refractivity contribution is 5.95. The highest BCUT2D eigenvalue weighted by Crippen LogP contribution is 2.21. The minimum atomic E-state index is -0.941. The molecule has 0 aliphatic rings. The van der Waals surface area contributed by atoms with Crippen LogP contribution in [0.2, 0.25) is 0 Å². The SMILES string of the molecule is Cc1cc(NC(=O)CCNC(=O)c2ccc(F)cc2F)ccc1N(C)C. The summed E-state index contributed by atoms with van der Waals surface area (Å²) >= 11 is 0. The van der Waals surface area contributed by atoms with E-state index in [-0.39, 0.29) is 24.4 Å². The van der Waals surface area contributed by atoms with E-state index >= 15 is 0 Å². The Balaban J connectivity index is 1.85. The topological polar surface area (TPSA) is 61.4 Å². The highest BCUT2D eigenvalue weighted by Gasteiger charge is 2.13. The van der Waals surface area contributed by atoms with Gasteiger partial charge in [0.1, 0.15) is 11.6 Å². The van der Waals surface area contributed by atoms with Crippen molar-refractivity contribution in [1.29, 1.82) is 0 Å². The Kier molecular flexibility index (Phi) is 6.27. The van der Waals surface area contributed by atoms with Crippen molar-refractivity contribution in [2.45, 2.75) is 13.3 Å². The van der Waals surface area contributed by atoms with Crippen LogP contribution in [0, 0.1) is 18.6 Å². The van der Waals surface area contributed by atoms with Gasteiger partial charge in [-0.1, -0.05) is 0 Å². The maximum Gasteiger partial charge on any atom is 0.254 e. The number of hydrogen-bond acceptors (Lipinski definition) is 3. The van der Waals surface area contributed by atoms with Crippen LogP contribution in [0.25, 0.3) is 0 Å². The largest absolute Gasteiger partial charge is 0.377 e. The van der Waals surface area contributed by atoms with Gasteiger partial charge in [0, 0.05) is 44.5 Å². The maximum absolute atomic E-state index is 13.5. The molecule has 2 rings (SSSR count). The van der Waals surface area contributed by atoms with Crippen molar-refractivity contribution < 1.29 is 18.4 Å². The summed E-state index contributed by atoms with van der Waals surface area (Å²) in [5.74, 6) is -2.67. The number of halogens is 2. The fourth-order valence-corrected chi connectivity index (χ4v) is 2.52. The van der Waals surface area contributed by atoms with E-state index in [4.69, 9.17) is 0 Å². The summed E-state index contributed by atoms with van der Waals surface area (Å²) in [6.45, 7) is 1.98. The van der Waals surface area contributed by atoms with Crippen molar-refractivity contribution in [3.63, 3.8) is 0 Å². The Morgan fingerprint density at radius 2 is 1.81 bits per heavy atom. The summed E-state index contributed by atoms with van der Waals surface area (Å²) in [4.78, 5) is 25.8. The van der Waals surface area contributed by atoms with Crippen LogP contribution in [0.5, 0.6) is 0 Å². The van der Waals surface area contributed by atoms with E-state index in [1.165, 1.54) is 0 Å². The summed E-state index contributed by atoms with van der Waals surface area (Å²) in [6.07, 6.45) is 0.0308. The number of rotatable bonds is 6. The lowest BCUT2D eigenvalue weighted by molar-refractivity contribution is -0.116. The molecule has 0 unspecified atom stereocenters. The molecule has 0 aliphatic heterocycles. The quantitative estimate of drug-likeness (QED) is 0.831. The lowest BCUT2D eigenvalue weighted by Crippen LogP contribution is -2.28. The summed E-state index contributed by atoms with van der Waals surface area (Å²) in [5.41, 5.74) is 2.47. The van der Waals surface area contributed by atoms with Crippen LogP contribution in [0.3, 0.4) is 0 Å². The Labute approximate surface area is 151 Å². The molecule has 2 aromatic rings. The van der Waals surface area contributed by atoms with Gasteiger partial charge in [-0.3, -0.25) is 9.59 Å². The molecule has 5 nitrogen and oxygen atoms in total. The maximum atomic E-state index is 13.5. The molecule has 0 atom stereocenters. The Hall–Kier alpha value is -2.96. The van der Waals surface area contributed by atoms with Gasteiger partial charge in [-0.15, -0.1) is 0 Å². The van der Waals surface area contributed by atoms with Crippen molar-refractivity contribution in [3.8, 4) is 0 Å². The summed E-state index contributed by atoms with van der Waals surface area (Å²) in [5, 5.41) is 5.19. The first-order valence-corrected chi connectivity index (χ1v) is 8.09. The minimum Gasteiger partial charge on any atom is -0.377 e. The van der Waals surface area contributed by atoms with Gasteiger partial charge >= 0.3 is 0 Å². The number of aryl methyl sites for hydroxylation is 1. The van der Waals surface area contributed by atoms with E-state index in [1.807, 2.05) is 38.1 Å². The van der Waals surface area contributed by atoms with Gasteiger partial charge in [-0.2, -0.15) is 0 Å². The number of amides is 2. The van der Waals surface area contributed by atoms with E-state index in [9.17, 15) is 18.4 Å². The summed E-state index contributed by atoms with van der Waals surface area (Å²) in [7, 11) is 3.88. The first-order valence-electron chi connectivity index (χ1n) is 8.09. The van der Waals surface area contributed by atoms with E-state index in [1.54, 1.807) is 6.07 Å². The average Bonchev–Trinajstić information content (AvgIpc) is 2.54. The van der Waals surface area contributed by atoms with Crippen LogP contribution in [-0.2, 0) is 4.79 Å². The second kappa shape index (κ2) is 8.42. The van der Waals surface area contributed by atoms with E-state index in [0.717, 1.165) is 23.4 Å². The van der Waals surface area contributed by atoms with Crippen LogP contribution in [0.1, 0.15) is 22.3 Å². The molecule has 0 bridgehead atoms. The van der Waals surface area contributed by atoms with Gasteiger partial charge in [0.15, 0.2) is 0 Å². The molecule has 0 fully saturated rings. The number of carbonyl (C=O) groups is 2. The van der Waals surface area contributed by atoms with Gasteiger partial charge in [0.25, 0.3) is 5.91 Å². The zero-order valence-electron chi connectivity index (χ0n) is 14.9. The van der Waals surface area contributed by atoms with E-state index in [0.29, 0.717) is 11.8 Å². The van der Waals surface area contributed by atoms with Crippen molar-refractivity contribution in [2.24, 2.45) is 0 Å². The number of anilines is 2. The lowest BCUT2D eigenvalue weighted by Gasteiger charge is -2.16. The van der Waals surface area contributed by atoms with Crippen LogP contribution in [0.4, 0.5) is 20.2 Å². The molecule has 0 heterocycles. The molecule has 0 saturated heterocycles. The molecule has 0 aliphatic carbocycles. The molecule has 0 spiro atoms. The molecular formula is C19H21F2N3O2. The number of benzene rings is 2. The normalized spacial score (nSPS) is 10.3. The Bertz CT molecular complexity index is 822. The summed E-state index contributed by atoms with van der Waals surface area (Å²) in [6, 6.07) is 8.28. The predicted octanol–water partition coefficient (Wildman–Crippen LogP) is 3.10. The number of hydrogen-bond donors (Lipinski definition) is 2. The zero-order valence-corrected chi connectivity index (χ0v) is 14.9. The van der Waals surface area contributed by atoms with Crippen LogP contribution < -0.4 is 15.5 Å². The zero-order chi connectivity index (χ0) is 19.3. The molecule has 0 saturated carbocycles. The molecule has 2 aromatic carbocycles. The molecular weight excluding hydrogens is 340 g/mol. The molecule has 138 valence electrons. The third kappa shape index (κ3) is 5.02. The van der Waals surface area contributed by atoms with Gasteiger partial charge < -0.3 is 15.5 Å². The highest BCUT2D eigenvalue weighted by atomic mass is 19.1. The standard InChI is InChI=1S/C19H21F2N3O2/c1-12-10-14(5-7-17(12)24(2)3)23-18(25)8-9-22-19(26)15-6-4-13(20)11-16(15)21/h4-7,10-11H,8-9H2,1-3H3,(H,22,26)(H,23,25). The number of carbonyl (C=O) groups excluding carboxylic acids is 2. The summed E-state index contributed by atoms with van der Waals surface area (Å²) < 4.78 is 26.4. The van der Waals surface area contributed by atoms with E-state index in [2.05, 4.69) is 10.6 Å². The molecule has 0 aromatic heterocycles. The van der Waals surface area contributed by atoms with Crippen LogP contribution in [0.15, 0.2) is 36.4 Å². The van der Waals surface area contributed by atoms with Gasteiger partial charge in [-0.05, 0) is 42.8 Å². The predicted molar refractivity (Wildman–Crippen MR) is 97.4 cm³/mol. The van der Waals surface area contributed by atoms with Crippen LogP contribution >= 0.6 is 0 Å². The first-order chi connectivity index (χ1) is 12.3. The fourth-order valence-electron chi connectivity index (χ4n) is 2.52. The second-order valence-corrected chi connectivity index (χ2v) is 6.07. The lowest BCUT2D eigenvalue weighted by atomic mass is 10.1. The molecule has 7 heteroatoms. The molecule has 26 heavy (non-hydrogen) atoms. The first kappa shape index (κ1) is 19.4. The van der Waals surface area contributed by atoms with Gasteiger partial charge in [-0.25, -0.2) is 8.78 Å². The Morgan fingerprint density at radius 1 is 1.08 bits per heavy atom.